The van der Waals surface area contributed by atoms with E-state index in [1.54, 1.807) is 0 Å². The van der Waals surface area contributed by atoms with Crippen LogP contribution in [0.2, 0.25) is 0 Å². The lowest BCUT2D eigenvalue weighted by atomic mass is 10.0. The standard InChI is InChI=1S/C15H22N2OS/c1-2-11(9-18-7-1)15-17-14(10-3-4-10)13(19-15)8-16-12-5-6-12/h10-12,16H,1-9H2. The average molecular weight is 278 g/mol. The van der Waals surface area contributed by atoms with Crippen LogP contribution < -0.4 is 5.32 Å². The van der Waals surface area contributed by atoms with Gasteiger partial charge in [-0.3, -0.25) is 0 Å². The first-order valence-corrected chi connectivity index (χ1v) is 8.52. The normalized spacial score (nSPS) is 27.7. The monoisotopic (exact) mass is 278 g/mol. The summed E-state index contributed by atoms with van der Waals surface area (Å²) in [5.74, 6) is 1.33. The minimum Gasteiger partial charge on any atom is -0.381 e. The van der Waals surface area contributed by atoms with Crippen LogP contribution >= 0.6 is 11.3 Å². The molecular weight excluding hydrogens is 256 g/mol. The van der Waals surface area contributed by atoms with Crippen LogP contribution in [-0.2, 0) is 11.3 Å². The lowest BCUT2D eigenvalue weighted by Crippen LogP contribution is -2.15. The third kappa shape index (κ3) is 2.86. The number of nitrogens with one attached hydrogen (secondary N) is 1. The second-order valence-electron chi connectivity index (χ2n) is 6.20. The van der Waals surface area contributed by atoms with Crippen LogP contribution in [0.15, 0.2) is 0 Å². The maximum Gasteiger partial charge on any atom is 0.0985 e. The molecule has 1 aromatic rings. The second-order valence-corrected chi connectivity index (χ2v) is 7.32. The van der Waals surface area contributed by atoms with Gasteiger partial charge < -0.3 is 10.1 Å². The lowest BCUT2D eigenvalue weighted by molar-refractivity contribution is 0.0803. The number of nitrogens with zero attached hydrogens (tertiary/aromatic N) is 1. The van der Waals surface area contributed by atoms with Gasteiger partial charge in [-0.15, -0.1) is 11.3 Å². The van der Waals surface area contributed by atoms with E-state index in [9.17, 15) is 0 Å². The van der Waals surface area contributed by atoms with Crippen molar-refractivity contribution in [1.82, 2.24) is 10.3 Å². The number of ether oxygens (including phenoxy) is 1. The van der Waals surface area contributed by atoms with Crippen LogP contribution in [0.25, 0.3) is 0 Å². The van der Waals surface area contributed by atoms with E-state index in [0.29, 0.717) is 5.92 Å². The van der Waals surface area contributed by atoms with Crippen molar-refractivity contribution in [2.45, 2.75) is 62.9 Å². The number of aromatic nitrogens is 1. The molecule has 0 aromatic carbocycles. The summed E-state index contributed by atoms with van der Waals surface area (Å²) < 4.78 is 5.62. The van der Waals surface area contributed by atoms with Gasteiger partial charge in [-0.2, -0.15) is 0 Å². The van der Waals surface area contributed by atoms with Gasteiger partial charge in [0.15, 0.2) is 0 Å². The first-order chi connectivity index (χ1) is 9.40. The van der Waals surface area contributed by atoms with Crippen molar-refractivity contribution in [1.29, 1.82) is 0 Å². The molecule has 1 aliphatic heterocycles. The second kappa shape index (κ2) is 5.15. The molecule has 0 spiro atoms. The van der Waals surface area contributed by atoms with Gasteiger partial charge in [0, 0.05) is 35.9 Å². The topological polar surface area (TPSA) is 34.1 Å². The fourth-order valence-corrected chi connectivity index (χ4v) is 4.04. The molecule has 1 saturated heterocycles. The molecule has 2 heterocycles. The molecule has 4 heteroatoms. The molecule has 0 radical (unpaired) electrons. The van der Waals surface area contributed by atoms with Crippen LogP contribution in [0, 0.1) is 0 Å². The van der Waals surface area contributed by atoms with Crippen molar-refractivity contribution in [2.24, 2.45) is 0 Å². The van der Waals surface area contributed by atoms with Gasteiger partial charge in [-0.25, -0.2) is 4.98 Å². The fourth-order valence-electron chi connectivity index (χ4n) is 2.82. The van der Waals surface area contributed by atoms with Gasteiger partial charge >= 0.3 is 0 Å². The van der Waals surface area contributed by atoms with Crippen LogP contribution in [0.3, 0.4) is 0 Å². The van der Waals surface area contributed by atoms with E-state index >= 15 is 0 Å². The Labute approximate surface area is 118 Å². The quantitative estimate of drug-likeness (QED) is 0.898. The van der Waals surface area contributed by atoms with E-state index in [-0.39, 0.29) is 0 Å². The van der Waals surface area contributed by atoms with Crippen molar-refractivity contribution in [3.8, 4) is 0 Å². The summed E-state index contributed by atoms with van der Waals surface area (Å²) in [4.78, 5) is 6.50. The minimum absolute atomic E-state index is 0.561. The molecule has 1 unspecified atom stereocenters. The van der Waals surface area contributed by atoms with E-state index in [0.717, 1.165) is 31.7 Å². The van der Waals surface area contributed by atoms with Crippen molar-refractivity contribution in [3.05, 3.63) is 15.6 Å². The van der Waals surface area contributed by atoms with E-state index in [4.69, 9.17) is 9.72 Å². The summed E-state index contributed by atoms with van der Waals surface area (Å²) in [5.41, 5.74) is 1.42. The number of rotatable bonds is 5. The van der Waals surface area contributed by atoms with Crippen LogP contribution in [0.1, 0.15) is 65.9 Å². The predicted molar refractivity (Wildman–Crippen MR) is 76.7 cm³/mol. The molecule has 0 bridgehead atoms. The molecular formula is C15H22N2OS. The third-order valence-corrected chi connectivity index (χ3v) is 5.58. The van der Waals surface area contributed by atoms with Gasteiger partial charge in [-0.1, -0.05) is 0 Å². The molecule has 1 atom stereocenters. The molecule has 3 fully saturated rings. The Kier molecular flexibility index (Phi) is 3.34. The Morgan fingerprint density at radius 3 is 2.74 bits per heavy atom. The Balaban J connectivity index is 1.51. The highest BCUT2D eigenvalue weighted by molar-refractivity contribution is 7.11. The highest BCUT2D eigenvalue weighted by atomic mass is 32.1. The van der Waals surface area contributed by atoms with E-state index < -0.39 is 0 Å². The van der Waals surface area contributed by atoms with Crippen LogP contribution in [0.4, 0.5) is 0 Å². The molecule has 19 heavy (non-hydrogen) atoms. The smallest absolute Gasteiger partial charge is 0.0985 e. The maximum atomic E-state index is 5.62. The molecule has 104 valence electrons. The summed E-state index contributed by atoms with van der Waals surface area (Å²) in [6.07, 6.45) is 7.87. The Morgan fingerprint density at radius 1 is 1.16 bits per heavy atom. The average Bonchev–Trinajstić information content (AvgIpc) is 3.37. The largest absolute Gasteiger partial charge is 0.381 e. The summed E-state index contributed by atoms with van der Waals surface area (Å²) in [7, 11) is 0. The Morgan fingerprint density at radius 2 is 2.05 bits per heavy atom. The van der Waals surface area contributed by atoms with Crippen molar-refractivity contribution in [2.75, 3.05) is 13.2 Å². The molecule has 2 saturated carbocycles. The highest BCUT2D eigenvalue weighted by Crippen LogP contribution is 2.44. The summed E-state index contributed by atoms with van der Waals surface area (Å²) in [6, 6.07) is 0.788. The fraction of sp³-hybridized carbons (Fsp3) is 0.800. The van der Waals surface area contributed by atoms with E-state index in [1.807, 2.05) is 11.3 Å². The van der Waals surface area contributed by atoms with Crippen LogP contribution in [0.5, 0.6) is 0 Å². The SMILES string of the molecule is C1COCC(c2nc(C3CC3)c(CNC3CC3)s2)C1. The van der Waals surface area contributed by atoms with Gasteiger partial charge in [0.25, 0.3) is 0 Å². The first kappa shape index (κ1) is 12.3. The highest BCUT2D eigenvalue weighted by Gasteiger charge is 2.32. The zero-order valence-corrected chi connectivity index (χ0v) is 12.2. The number of hydrogen-bond donors (Lipinski definition) is 1. The molecule has 4 rings (SSSR count). The first-order valence-electron chi connectivity index (χ1n) is 7.71. The predicted octanol–water partition coefficient (Wildman–Crippen LogP) is 3.17. The summed E-state index contributed by atoms with van der Waals surface area (Å²) >= 11 is 1.95. The van der Waals surface area contributed by atoms with Gasteiger partial charge in [0.1, 0.15) is 0 Å². The maximum absolute atomic E-state index is 5.62. The number of hydrogen-bond acceptors (Lipinski definition) is 4. The van der Waals surface area contributed by atoms with Gasteiger partial charge in [0.05, 0.1) is 17.3 Å². The van der Waals surface area contributed by atoms with Crippen molar-refractivity contribution in [3.63, 3.8) is 0 Å². The molecule has 3 nitrogen and oxygen atoms in total. The summed E-state index contributed by atoms with van der Waals surface area (Å²) in [6.45, 7) is 2.86. The Hall–Kier alpha value is -0.450. The zero-order valence-electron chi connectivity index (χ0n) is 11.4. The molecule has 1 aromatic heterocycles. The van der Waals surface area contributed by atoms with Crippen molar-refractivity contribution >= 4 is 11.3 Å². The third-order valence-electron chi connectivity index (χ3n) is 4.35. The minimum atomic E-state index is 0.561. The summed E-state index contributed by atoms with van der Waals surface area (Å²) in [5, 5.41) is 4.99. The van der Waals surface area contributed by atoms with Gasteiger partial charge in [0.2, 0.25) is 0 Å². The van der Waals surface area contributed by atoms with E-state index in [1.165, 1.54) is 54.1 Å². The molecule has 2 aliphatic carbocycles. The number of thiazole rings is 1. The van der Waals surface area contributed by atoms with Crippen molar-refractivity contribution < 1.29 is 4.74 Å². The molecule has 0 amide bonds. The van der Waals surface area contributed by atoms with E-state index in [2.05, 4.69) is 5.32 Å². The zero-order chi connectivity index (χ0) is 12.7. The van der Waals surface area contributed by atoms with Gasteiger partial charge in [-0.05, 0) is 38.5 Å². The molecule has 3 aliphatic rings. The Bertz CT molecular complexity index is 445. The lowest BCUT2D eigenvalue weighted by Gasteiger charge is -2.19. The molecule has 1 N–H and O–H groups in total. The van der Waals surface area contributed by atoms with Crippen LogP contribution in [-0.4, -0.2) is 24.2 Å².